The number of amides is 2. The fourth-order valence-electron chi connectivity index (χ4n) is 5.80. The normalized spacial score (nSPS) is 20.1. The van der Waals surface area contributed by atoms with Gasteiger partial charge in [0.2, 0.25) is 10.0 Å². The second kappa shape index (κ2) is 11.5. The molecule has 0 bridgehead atoms. The number of nitrogens with zero attached hydrogens (tertiary/aromatic N) is 3. The van der Waals surface area contributed by atoms with E-state index in [0.29, 0.717) is 37.1 Å². The number of nitrogens with one attached hydrogen (secondary N) is 1. The van der Waals surface area contributed by atoms with Crippen LogP contribution in [0.1, 0.15) is 63.9 Å². The zero-order valence-electron chi connectivity index (χ0n) is 23.8. The standard InChI is InChI=1S/C30H33F3N4O5S/c1-19-16-22(27(39)36-11-6-24(38)7-12-36)17-20(2)25(19)8-15-43(41,42)37-13-9-29(10-14-37)28(40)34-26(35-29)21-4-3-5-23(18-21)30(31,32)33/h3-5,8,15-18,24,38H,6-7,9-14H2,1-2H3,(H,34,35,40). The van der Waals surface area contributed by atoms with E-state index in [4.69, 9.17) is 0 Å². The summed E-state index contributed by atoms with van der Waals surface area (Å²) in [5.41, 5.74) is 0.686. The van der Waals surface area contributed by atoms with Gasteiger partial charge in [-0.3, -0.25) is 14.6 Å². The van der Waals surface area contributed by atoms with Crippen LogP contribution in [0.15, 0.2) is 46.8 Å². The summed E-state index contributed by atoms with van der Waals surface area (Å²) in [6.45, 7) is 4.59. The third-order valence-electron chi connectivity index (χ3n) is 8.35. The van der Waals surface area contributed by atoms with Crippen LogP contribution >= 0.6 is 0 Å². The topological polar surface area (TPSA) is 119 Å². The Morgan fingerprint density at radius 1 is 1.07 bits per heavy atom. The molecule has 2 aromatic rings. The van der Waals surface area contributed by atoms with E-state index >= 15 is 0 Å². The molecule has 0 radical (unpaired) electrons. The number of halogens is 3. The molecule has 1 spiro atoms. The molecular formula is C30H33F3N4O5S. The second-order valence-corrected chi connectivity index (χ2v) is 13.1. The number of aliphatic hydroxyl groups is 1. The fourth-order valence-corrected chi connectivity index (χ4v) is 6.97. The lowest BCUT2D eigenvalue weighted by atomic mass is 9.89. The van der Waals surface area contributed by atoms with Crippen molar-refractivity contribution in [3.05, 3.63) is 75.2 Å². The van der Waals surface area contributed by atoms with Gasteiger partial charge in [-0.15, -0.1) is 0 Å². The van der Waals surface area contributed by atoms with Crippen LogP contribution in [0.2, 0.25) is 0 Å². The largest absolute Gasteiger partial charge is 0.416 e. The van der Waals surface area contributed by atoms with E-state index in [1.807, 2.05) is 0 Å². The highest BCUT2D eigenvalue weighted by Gasteiger charge is 2.47. The average molecular weight is 619 g/mol. The number of piperidine rings is 2. The minimum Gasteiger partial charge on any atom is -0.393 e. The minimum atomic E-state index is -4.54. The highest BCUT2D eigenvalue weighted by Crippen LogP contribution is 2.34. The molecular weight excluding hydrogens is 585 g/mol. The number of benzene rings is 2. The SMILES string of the molecule is Cc1cc(C(=O)N2CCC(O)CC2)cc(C)c1C=CS(=O)(=O)N1CCC2(CC1)N=C(c1cccc(C(F)(F)F)c1)NC2=O. The van der Waals surface area contributed by atoms with Crippen molar-refractivity contribution in [2.75, 3.05) is 26.2 Å². The number of rotatable bonds is 5. The van der Waals surface area contributed by atoms with Gasteiger partial charge in [-0.05, 0) is 86.6 Å². The Hall–Kier alpha value is -3.55. The molecule has 13 heteroatoms. The molecule has 3 aliphatic rings. The Bertz CT molecular complexity index is 1580. The van der Waals surface area contributed by atoms with Crippen molar-refractivity contribution in [1.29, 1.82) is 0 Å². The molecule has 0 aromatic heterocycles. The van der Waals surface area contributed by atoms with Gasteiger partial charge in [0.1, 0.15) is 11.4 Å². The summed E-state index contributed by atoms with van der Waals surface area (Å²) in [5, 5.41) is 13.4. The summed E-state index contributed by atoms with van der Waals surface area (Å²) in [6, 6.07) is 8.00. The molecule has 0 unspecified atom stereocenters. The number of carbonyl (C=O) groups is 2. The van der Waals surface area contributed by atoms with E-state index in [1.54, 1.807) is 30.9 Å². The van der Waals surface area contributed by atoms with Gasteiger partial charge in [-0.1, -0.05) is 12.1 Å². The van der Waals surface area contributed by atoms with Crippen molar-refractivity contribution < 1.29 is 36.3 Å². The van der Waals surface area contributed by atoms with Crippen molar-refractivity contribution in [2.24, 2.45) is 4.99 Å². The summed E-state index contributed by atoms with van der Waals surface area (Å²) in [4.78, 5) is 32.0. The number of carbonyl (C=O) groups excluding carboxylic acids is 2. The van der Waals surface area contributed by atoms with Crippen LogP contribution in [0.25, 0.3) is 6.08 Å². The molecule has 3 aliphatic heterocycles. The quantitative estimate of drug-likeness (QED) is 0.531. The Morgan fingerprint density at radius 2 is 1.70 bits per heavy atom. The Balaban J connectivity index is 1.27. The van der Waals surface area contributed by atoms with Gasteiger partial charge in [0.05, 0.1) is 11.7 Å². The third-order valence-corrected chi connectivity index (χ3v) is 9.92. The van der Waals surface area contributed by atoms with Crippen LogP contribution in [0, 0.1) is 13.8 Å². The lowest BCUT2D eigenvalue weighted by molar-refractivity contribution is -0.137. The number of aryl methyl sites for hydroxylation is 2. The molecule has 2 fully saturated rings. The predicted molar refractivity (Wildman–Crippen MR) is 155 cm³/mol. The highest BCUT2D eigenvalue weighted by atomic mass is 32.2. The van der Waals surface area contributed by atoms with Crippen LogP contribution in [-0.4, -0.2) is 78.2 Å². The number of sulfonamides is 1. The Morgan fingerprint density at radius 3 is 2.30 bits per heavy atom. The van der Waals surface area contributed by atoms with Gasteiger partial charge < -0.3 is 15.3 Å². The number of likely N-dealkylation sites (tertiary alicyclic amines) is 1. The molecule has 2 amide bonds. The average Bonchev–Trinajstić information content (AvgIpc) is 3.27. The molecule has 0 aliphatic carbocycles. The summed E-state index contributed by atoms with van der Waals surface area (Å²) in [5.74, 6) is -0.550. The van der Waals surface area contributed by atoms with Crippen LogP contribution in [0.3, 0.4) is 0 Å². The molecule has 5 rings (SSSR count). The van der Waals surface area contributed by atoms with E-state index in [-0.39, 0.29) is 43.2 Å². The van der Waals surface area contributed by atoms with Gasteiger partial charge in [0.15, 0.2) is 0 Å². The van der Waals surface area contributed by atoms with Crippen LogP contribution in [-0.2, 0) is 21.0 Å². The Labute approximate surface area is 248 Å². The van der Waals surface area contributed by atoms with Crippen molar-refractivity contribution in [1.82, 2.24) is 14.5 Å². The molecule has 2 saturated heterocycles. The third kappa shape index (κ3) is 6.38. The smallest absolute Gasteiger partial charge is 0.393 e. The van der Waals surface area contributed by atoms with Crippen LogP contribution < -0.4 is 5.32 Å². The summed E-state index contributed by atoms with van der Waals surface area (Å²) in [7, 11) is -3.87. The lowest BCUT2D eigenvalue weighted by Crippen LogP contribution is -2.50. The Kier molecular flexibility index (Phi) is 8.27. The molecule has 230 valence electrons. The van der Waals surface area contributed by atoms with Gasteiger partial charge in [-0.25, -0.2) is 8.42 Å². The fraction of sp³-hybridized carbons (Fsp3) is 0.433. The van der Waals surface area contributed by atoms with Crippen LogP contribution in [0.5, 0.6) is 0 Å². The van der Waals surface area contributed by atoms with Gasteiger partial charge >= 0.3 is 6.18 Å². The molecule has 43 heavy (non-hydrogen) atoms. The van der Waals surface area contributed by atoms with Gasteiger partial charge in [-0.2, -0.15) is 17.5 Å². The van der Waals surface area contributed by atoms with Gasteiger partial charge in [0, 0.05) is 42.7 Å². The highest BCUT2D eigenvalue weighted by molar-refractivity contribution is 7.92. The maximum atomic E-state index is 13.2. The number of alkyl halides is 3. The molecule has 9 nitrogen and oxygen atoms in total. The molecule has 2 N–H and O–H groups in total. The van der Waals surface area contributed by atoms with E-state index in [1.165, 1.54) is 22.5 Å². The predicted octanol–water partition coefficient (Wildman–Crippen LogP) is 3.63. The number of hydrogen-bond acceptors (Lipinski definition) is 6. The first-order chi connectivity index (χ1) is 20.2. The number of hydrogen-bond donors (Lipinski definition) is 2. The van der Waals surface area contributed by atoms with Crippen LogP contribution in [0.4, 0.5) is 13.2 Å². The monoisotopic (exact) mass is 618 g/mol. The summed E-state index contributed by atoms with van der Waals surface area (Å²) >= 11 is 0. The molecule has 2 aromatic carbocycles. The zero-order chi connectivity index (χ0) is 31.2. The van der Waals surface area contributed by atoms with E-state index in [2.05, 4.69) is 10.3 Å². The van der Waals surface area contributed by atoms with Crippen molar-refractivity contribution in [2.45, 2.75) is 57.3 Å². The number of aliphatic imine (C=N–C) groups is 1. The van der Waals surface area contributed by atoms with E-state index in [0.717, 1.165) is 28.7 Å². The second-order valence-electron chi connectivity index (χ2n) is 11.3. The zero-order valence-corrected chi connectivity index (χ0v) is 24.6. The van der Waals surface area contributed by atoms with E-state index < -0.39 is 39.3 Å². The molecule has 0 atom stereocenters. The first-order valence-corrected chi connectivity index (χ1v) is 15.5. The first kappa shape index (κ1) is 30.9. The summed E-state index contributed by atoms with van der Waals surface area (Å²) < 4.78 is 67.2. The van der Waals surface area contributed by atoms with Crippen molar-refractivity contribution >= 4 is 33.7 Å². The van der Waals surface area contributed by atoms with Gasteiger partial charge in [0.25, 0.3) is 11.8 Å². The molecule has 3 heterocycles. The van der Waals surface area contributed by atoms with E-state index in [9.17, 15) is 36.3 Å². The summed E-state index contributed by atoms with van der Waals surface area (Å²) in [6.07, 6.45) is -2.20. The maximum absolute atomic E-state index is 13.2. The van der Waals surface area contributed by atoms with Crippen molar-refractivity contribution in [3.8, 4) is 0 Å². The lowest BCUT2D eigenvalue weighted by Gasteiger charge is -2.34. The first-order valence-electron chi connectivity index (χ1n) is 14.0. The maximum Gasteiger partial charge on any atom is 0.416 e. The van der Waals surface area contributed by atoms with Crippen molar-refractivity contribution in [3.63, 3.8) is 0 Å². The molecule has 0 saturated carbocycles. The minimum absolute atomic E-state index is 0.00933. The number of amidine groups is 1. The number of aliphatic hydroxyl groups excluding tert-OH is 1.